The Hall–Kier alpha value is -2.44. The molecule has 0 spiro atoms. The lowest BCUT2D eigenvalue weighted by atomic mass is 9.81. The highest BCUT2D eigenvalue weighted by Crippen LogP contribution is 2.44. The van der Waals surface area contributed by atoms with Crippen molar-refractivity contribution in [1.29, 1.82) is 0 Å². The molecule has 1 fully saturated rings. The highest BCUT2D eigenvalue weighted by atomic mass is 35.5. The number of hydrogen-bond donors (Lipinski definition) is 1. The zero-order valence-corrected chi connectivity index (χ0v) is 22.3. The molecule has 0 bridgehead atoms. The van der Waals surface area contributed by atoms with Gasteiger partial charge in [-0.2, -0.15) is 9.78 Å². The summed E-state index contributed by atoms with van der Waals surface area (Å²) in [6.45, 7) is 7.46. The zero-order chi connectivity index (χ0) is 25.8. The number of benzene rings is 1. The molecule has 1 saturated carbocycles. The average Bonchev–Trinajstić information content (AvgIpc) is 3.58. The highest BCUT2D eigenvalue weighted by molar-refractivity contribution is 6.34. The molecule has 1 aromatic carbocycles. The lowest BCUT2D eigenvalue weighted by Crippen LogP contribution is -2.34. The van der Waals surface area contributed by atoms with E-state index in [0.29, 0.717) is 55.0 Å². The van der Waals surface area contributed by atoms with Crippen LogP contribution in [0.3, 0.4) is 0 Å². The molecule has 0 amide bonds. The summed E-state index contributed by atoms with van der Waals surface area (Å²) >= 11 is 6.57. The second-order valence-electron chi connectivity index (χ2n) is 11.9. The number of carbonyl (C=O) groups excluding carboxylic acids is 2. The lowest BCUT2D eigenvalue weighted by molar-refractivity contribution is -0.160. The molecule has 1 aromatic heterocycles. The Kier molecular flexibility index (Phi) is 6.40. The van der Waals surface area contributed by atoms with E-state index in [4.69, 9.17) is 21.4 Å². The lowest BCUT2D eigenvalue weighted by Gasteiger charge is -2.29. The molecule has 0 aliphatic heterocycles. The number of rotatable bonds is 4. The van der Waals surface area contributed by atoms with Gasteiger partial charge in [-0.15, -0.1) is 0 Å². The zero-order valence-electron chi connectivity index (χ0n) is 21.6. The maximum Gasteiger partial charge on any atom is 0.309 e. The number of fused-ring (bicyclic) bond motifs is 1. The molecule has 2 aromatic rings. The van der Waals surface area contributed by atoms with E-state index >= 15 is 0 Å². The molecule has 7 heteroatoms. The second-order valence-corrected chi connectivity index (χ2v) is 12.3. The second kappa shape index (κ2) is 9.14. The van der Waals surface area contributed by atoms with Crippen molar-refractivity contribution in [3.63, 3.8) is 0 Å². The van der Waals surface area contributed by atoms with Crippen molar-refractivity contribution in [2.24, 2.45) is 5.92 Å². The van der Waals surface area contributed by atoms with Gasteiger partial charge >= 0.3 is 5.97 Å². The molecular formula is C29H35ClN2O4. The van der Waals surface area contributed by atoms with Crippen molar-refractivity contribution in [3.05, 3.63) is 57.4 Å². The Morgan fingerprint density at radius 2 is 1.94 bits per heavy atom. The first-order chi connectivity index (χ1) is 16.9. The van der Waals surface area contributed by atoms with E-state index in [2.05, 4.69) is 6.08 Å². The molecule has 192 valence electrons. The van der Waals surface area contributed by atoms with Crippen LogP contribution in [0.1, 0.15) is 105 Å². The molecule has 2 atom stereocenters. The summed E-state index contributed by atoms with van der Waals surface area (Å²) in [7, 11) is 0. The number of aliphatic hydroxyl groups is 1. The molecular weight excluding hydrogens is 476 g/mol. The van der Waals surface area contributed by atoms with E-state index in [-0.39, 0.29) is 17.8 Å². The fraction of sp³-hybridized carbons (Fsp3) is 0.552. The minimum absolute atomic E-state index is 0.164. The fourth-order valence-corrected chi connectivity index (χ4v) is 5.72. The number of allylic oxidation sites excluding steroid dienone is 2. The first-order valence-corrected chi connectivity index (χ1v) is 13.4. The highest BCUT2D eigenvalue weighted by Gasteiger charge is 2.37. The van der Waals surface area contributed by atoms with Crippen LogP contribution < -0.4 is 0 Å². The molecule has 5 rings (SSSR count). The standard InChI is InChI=1S/C29H35ClN2O4/c1-28(2,3)36-27(34)19-12-10-18(11-13-19)25-21-14-15-29(4,35)16-23(21)32(31-25)26(33)24-20(17-8-9-17)6-5-7-22(24)30/h5-7,10,17,19,35H,8-9,11-16H2,1-4H3/t19?,29-/m1/s1. The van der Waals surface area contributed by atoms with Gasteiger partial charge in [0.15, 0.2) is 0 Å². The summed E-state index contributed by atoms with van der Waals surface area (Å²) in [5.74, 6) is -0.200. The number of esters is 1. The van der Waals surface area contributed by atoms with E-state index in [0.717, 1.165) is 40.9 Å². The summed E-state index contributed by atoms with van der Waals surface area (Å²) in [6.07, 6.45) is 7.78. The molecule has 36 heavy (non-hydrogen) atoms. The third-order valence-electron chi connectivity index (χ3n) is 7.48. The summed E-state index contributed by atoms with van der Waals surface area (Å²) < 4.78 is 7.08. The number of aromatic nitrogens is 2. The van der Waals surface area contributed by atoms with Crippen molar-refractivity contribution >= 4 is 29.1 Å². The van der Waals surface area contributed by atoms with Crippen molar-refractivity contribution in [1.82, 2.24) is 9.78 Å². The van der Waals surface area contributed by atoms with Crippen LogP contribution in [0, 0.1) is 5.92 Å². The van der Waals surface area contributed by atoms with Gasteiger partial charge in [-0.05, 0) is 95.8 Å². The van der Waals surface area contributed by atoms with Crippen LogP contribution in [-0.2, 0) is 22.4 Å². The summed E-state index contributed by atoms with van der Waals surface area (Å²) in [5.41, 5.74) is 3.76. The van der Waals surface area contributed by atoms with Gasteiger partial charge in [0, 0.05) is 12.0 Å². The minimum atomic E-state index is -0.898. The van der Waals surface area contributed by atoms with E-state index in [1.165, 1.54) is 4.68 Å². The molecule has 1 unspecified atom stereocenters. The van der Waals surface area contributed by atoms with Gasteiger partial charge in [-0.3, -0.25) is 9.59 Å². The largest absolute Gasteiger partial charge is 0.460 e. The number of ether oxygens (including phenoxy) is 1. The van der Waals surface area contributed by atoms with Gasteiger partial charge in [0.1, 0.15) is 5.60 Å². The third kappa shape index (κ3) is 5.03. The predicted molar refractivity (Wildman–Crippen MR) is 139 cm³/mol. The maximum absolute atomic E-state index is 13.9. The molecule has 6 nitrogen and oxygen atoms in total. The van der Waals surface area contributed by atoms with Crippen LogP contribution in [0.15, 0.2) is 24.3 Å². The molecule has 3 aliphatic carbocycles. The SMILES string of the molecule is CC(C)(C)OC(=O)C1CC=C(c2nn(C(=O)c3c(Cl)cccc3C3CC3)c3c2CC[C@@](C)(O)C3)CC1. The van der Waals surface area contributed by atoms with Crippen molar-refractivity contribution in [2.75, 3.05) is 0 Å². The third-order valence-corrected chi connectivity index (χ3v) is 7.79. The number of halogens is 1. The van der Waals surface area contributed by atoms with Crippen molar-refractivity contribution in [2.45, 2.75) is 96.2 Å². The van der Waals surface area contributed by atoms with E-state index in [9.17, 15) is 14.7 Å². The van der Waals surface area contributed by atoms with E-state index in [1.54, 1.807) is 6.07 Å². The topological polar surface area (TPSA) is 81.4 Å². The summed E-state index contributed by atoms with van der Waals surface area (Å²) in [6, 6.07) is 5.65. The summed E-state index contributed by atoms with van der Waals surface area (Å²) in [5, 5.41) is 16.2. The smallest absolute Gasteiger partial charge is 0.309 e. The Labute approximate surface area is 217 Å². The van der Waals surface area contributed by atoms with E-state index < -0.39 is 11.2 Å². The molecule has 0 radical (unpaired) electrons. The fourth-order valence-electron chi connectivity index (χ4n) is 5.45. The molecule has 1 N–H and O–H groups in total. The number of carbonyl (C=O) groups is 2. The molecule has 3 aliphatic rings. The Bertz CT molecular complexity index is 1250. The van der Waals surface area contributed by atoms with Crippen LogP contribution in [0.2, 0.25) is 5.02 Å². The van der Waals surface area contributed by atoms with Crippen LogP contribution in [-0.4, -0.2) is 38.0 Å². The summed E-state index contributed by atoms with van der Waals surface area (Å²) in [4.78, 5) is 26.5. The quantitative estimate of drug-likeness (QED) is 0.520. The normalized spacial score (nSPS) is 24.2. The number of hydrogen-bond acceptors (Lipinski definition) is 5. The van der Waals surface area contributed by atoms with Crippen LogP contribution in [0.25, 0.3) is 5.57 Å². The van der Waals surface area contributed by atoms with Crippen LogP contribution >= 0.6 is 11.6 Å². The van der Waals surface area contributed by atoms with Gasteiger partial charge in [0.25, 0.3) is 5.91 Å². The predicted octanol–water partition coefficient (Wildman–Crippen LogP) is 5.87. The Morgan fingerprint density at radius 3 is 2.58 bits per heavy atom. The minimum Gasteiger partial charge on any atom is -0.460 e. The first kappa shape index (κ1) is 25.2. The van der Waals surface area contributed by atoms with Gasteiger partial charge < -0.3 is 9.84 Å². The Morgan fingerprint density at radius 1 is 1.19 bits per heavy atom. The average molecular weight is 511 g/mol. The van der Waals surface area contributed by atoms with Gasteiger partial charge in [-0.25, -0.2) is 0 Å². The maximum atomic E-state index is 13.9. The van der Waals surface area contributed by atoms with Gasteiger partial charge in [-0.1, -0.05) is 29.8 Å². The van der Waals surface area contributed by atoms with Gasteiger partial charge in [0.2, 0.25) is 0 Å². The molecule has 0 saturated heterocycles. The number of nitrogens with zero attached hydrogens (tertiary/aromatic N) is 2. The molecule has 1 heterocycles. The van der Waals surface area contributed by atoms with Crippen LogP contribution in [0.4, 0.5) is 0 Å². The van der Waals surface area contributed by atoms with Crippen molar-refractivity contribution < 1.29 is 19.4 Å². The monoisotopic (exact) mass is 510 g/mol. The van der Waals surface area contributed by atoms with E-state index in [1.807, 2.05) is 39.8 Å². The Balaban J connectivity index is 1.50. The van der Waals surface area contributed by atoms with Crippen molar-refractivity contribution in [3.8, 4) is 0 Å². The van der Waals surface area contributed by atoms with Gasteiger partial charge in [0.05, 0.1) is 33.5 Å². The van der Waals surface area contributed by atoms with Crippen LogP contribution in [0.5, 0.6) is 0 Å². The first-order valence-electron chi connectivity index (χ1n) is 13.0.